The zero-order chi connectivity index (χ0) is 14.5. The molecule has 0 aliphatic carbocycles. The standard InChI is InChI=1S/C12H20F3N3O/c1-3-6-16-11(2,9-19)5-8-18-7-4-10(17-18)12(13,14)15/h4,7,16,19H,3,5-6,8-9H2,1-2H3. The Balaban J connectivity index is 2.58. The molecule has 0 spiro atoms. The summed E-state index contributed by atoms with van der Waals surface area (Å²) in [7, 11) is 0. The van der Waals surface area contributed by atoms with Crippen LogP contribution in [-0.2, 0) is 12.7 Å². The molecule has 1 heterocycles. The van der Waals surface area contributed by atoms with Gasteiger partial charge in [0, 0.05) is 18.3 Å². The van der Waals surface area contributed by atoms with Crippen LogP contribution in [0.3, 0.4) is 0 Å². The third kappa shape index (κ3) is 4.83. The normalized spacial score (nSPS) is 15.5. The smallest absolute Gasteiger partial charge is 0.394 e. The molecule has 1 aromatic heterocycles. The molecule has 0 radical (unpaired) electrons. The monoisotopic (exact) mass is 279 g/mol. The number of aromatic nitrogens is 2. The van der Waals surface area contributed by atoms with Crippen molar-refractivity contribution in [2.45, 2.75) is 44.9 Å². The number of aryl methyl sites for hydroxylation is 1. The summed E-state index contributed by atoms with van der Waals surface area (Å²) in [4.78, 5) is 0. The highest BCUT2D eigenvalue weighted by Gasteiger charge is 2.33. The van der Waals surface area contributed by atoms with E-state index in [4.69, 9.17) is 0 Å². The number of aliphatic hydroxyl groups is 1. The quantitative estimate of drug-likeness (QED) is 0.803. The van der Waals surface area contributed by atoms with Crippen LogP contribution in [0.2, 0.25) is 0 Å². The Morgan fingerprint density at radius 3 is 2.58 bits per heavy atom. The molecule has 1 aromatic rings. The topological polar surface area (TPSA) is 50.1 Å². The van der Waals surface area contributed by atoms with Crippen molar-refractivity contribution < 1.29 is 18.3 Å². The van der Waals surface area contributed by atoms with Crippen LogP contribution in [0.4, 0.5) is 13.2 Å². The molecule has 4 nitrogen and oxygen atoms in total. The molecule has 0 bridgehead atoms. The van der Waals surface area contributed by atoms with Gasteiger partial charge in [0.25, 0.3) is 0 Å². The second-order valence-corrected chi connectivity index (χ2v) is 4.86. The number of halogens is 3. The van der Waals surface area contributed by atoms with Crippen LogP contribution in [0.5, 0.6) is 0 Å². The summed E-state index contributed by atoms with van der Waals surface area (Å²) in [5.74, 6) is 0. The highest BCUT2D eigenvalue weighted by atomic mass is 19.4. The Hall–Kier alpha value is -1.08. The molecule has 2 N–H and O–H groups in total. The van der Waals surface area contributed by atoms with Gasteiger partial charge in [0.05, 0.1) is 6.61 Å². The summed E-state index contributed by atoms with van der Waals surface area (Å²) in [5, 5.41) is 16.0. The molecule has 0 amide bonds. The van der Waals surface area contributed by atoms with Crippen molar-refractivity contribution in [3.63, 3.8) is 0 Å². The van der Waals surface area contributed by atoms with Gasteiger partial charge in [0.15, 0.2) is 5.69 Å². The number of nitrogens with zero attached hydrogens (tertiary/aromatic N) is 2. The Labute approximate surface area is 110 Å². The van der Waals surface area contributed by atoms with Gasteiger partial charge in [-0.05, 0) is 32.4 Å². The molecule has 1 rings (SSSR count). The van der Waals surface area contributed by atoms with Crippen LogP contribution in [0, 0.1) is 0 Å². The Kier molecular flexibility index (Phi) is 5.37. The van der Waals surface area contributed by atoms with E-state index in [1.54, 1.807) is 0 Å². The zero-order valence-electron chi connectivity index (χ0n) is 11.2. The third-order valence-electron chi connectivity index (χ3n) is 2.97. The molecule has 0 saturated heterocycles. The maximum atomic E-state index is 12.4. The molecule has 1 unspecified atom stereocenters. The van der Waals surface area contributed by atoms with Gasteiger partial charge in [-0.25, -0.2) is 0 Å². The summed E-state index contributed by atoms with van der Waals surface area (Å²) in [5.41, 5.74) is -1.39. The van der Waals surface area contributed by atoms with Gasteiger partial charge in [-0.2, -0.15) is 18.3 Å². The van der Waals surface area contributed by atoms with Crippen LogP contribution in [0.1, 0.15) is 32.4 Å². The fourth-order valence-corrected chi connectivity index (χ4v) is 1.65. The number of nitrogens with one attached hydrogen (secondary N) is 1. The van der Waals surface area contributed by atoms with E-state index in [2.05, 4.69) is 10.4 Å². The second kappa shape index (κ2) is 6.38. The van der Waals surface area contributed by atoms with Crippen LogP contribution in [-0.4, -0.2) is 33.6 Å². The van der Waals surface area contributed by atoms with E-state index in [0.29, 0.717) is 13.0 Å². The third-order valence-corrected chi connectivity index (χ3v) is 2.97. The highest BCUT2D eigenvalue weighted by Crippen LogP contribution is 2.27. The van der Waals surface area contributed by atoms with E-state index in [1.165, 1.54) is 10.9 Å². The number of rotatable bonds is 7. The SMILES string of the molecule is CCCNC(C)(CO)CCn1ccc(C(F)(F)F)n1. The lowest BCUT2D eigenvalue weighted by Crippen LogP contribution is -2.46. The van der Waals surface area contributed by atoms with Gasteiger partial charge < -0.3 is 10.4 Å². The molecule has 1 atom stereocenters. The van der Waals surface area contributed by atoms with Gasteiger partial charge in [0.1, 0.15) is 0 Å². The molecule has 7 heteroatoms. The van der Waals surface area contributed by atoms with Gasteiger partial charge in [-0.1, -0.05) is 6.92 Å². The van der Waals surface area contributed by atoms with Crippen LogP contribution < -0.4 is 5.32 Å². The summed E-state index contributed by atoms with van der Waals surface area (Å²) in [6.07, 6.45) is -1.68. The minimum absolute atomic E-state index is 0.0691. The van der Waals surface area contributed by atoms with Crippen molar-refractivity contribution in [2.24, 2.45) is 0 Å². The van der Waals surface area contributed by atoms with Gasteiger partial charge >= 0.3 is 6.18 Å². The van der Waals surface area contributed by atoms with Crippen molar-refractivity contribution in [2.75, 3.05) is 13.2 Å². The van der Waals surface area contributed by atoms with Gasteiger partial charge in [-0.15, -0.1) is 0 Å². The van der Waals surface area contributed by atoms with Crippen molar-refractivity contribution in [1.29, 1.82) is 0 Å². The van der Waals surface area contributed by atoms with Crippen molar-refractivity contribution in [3.8, 4) is 0 Å². The van der Waals surface area contributed by atoms with Crippen molar-refractivity contribution >= 4 is 0 Å². The minimum atomic E-state index is -4.41. The molecule has 110 valence electrons. The number of aliphatic hydroxyl groups excluding tert-OH is 1. The van der Waals surface area contributed by atoms with Crippen molar-refractivity contribution in [1.82, 2.24) is 15.1 Å². The maximum absolute atomic E-state index is 12.4. The van der Waals surface area contributed by atoms with E-state index in [0.717, 1.165) is 19.0 Å². The first-order valence-corrected chi connectivity index (χ1v) is 6.27. The number of alkyl halides is 3. The van der Waals surface area contributed by atoms with E-state index >= 15 is 0 Å². The molecule has 19 heavy (non-hydrogen) atoms. The predicted octanol–water partition coefficient (Wildman–Crippen LogP) is 2.04. The zero-order valence-corrected chi connectivity index (χ0v) is 11.2. The summed E-state index contributed by atoms with van der Waals surface area (Å²) in [6, 6.07) is 0.954. The molecule has 0 saturated carbocycles. The van der Waals surface area contributed by atoms with Gasteiger partial charge in [0.2, 0.25) is 0 Å². The lowest BCUT2D eigenvalue weighted by molar-refractivity contribution is -0.141. The molecule has 0 aliphatic heterocycles. The Morgan fingerprint density at radius 2 is 2.11 bits per heavy atom. The molecule has 0 aliphatic rings. The second-order valence-electron chi connectivity index (χ2n) is 4.86. The minimum Gasteiger partial charge on any atom is -0.394 e. The summed E-state index contributed by atoms with van der Waals surface area (Å²) in [6.45, 7) is 4.86. The van der Waals surface area contributed by atoms with Crippen molar-refractivity contribution in [3.05, 3.63) is 18.0 Å². The first-order valence-electron chi connectivity index (χ1n) is 6.27. The molecular weight excluding hydrogens is 259 g/mol. The van der Waals surface area contributed by atoms with E-state index < -0.39 is 17.4 Å². The maximum Gasteiger partial charge on any atom is 0.435 e. The predicted molar refractivity (Wildman–Crippen MR) is 65.6 cm³/mol. The number of hydrogen-bond acceptors (Lipinski definition) is 3. The first kappa shape index (κ1) is 16.0. The summed E-state index contributed by atoms with van der Waals surface area (Å²) >= 11 is 0. The van der Waals surface area contributed by atoms with Crippen LogP contribution >= 0.6 is 0 Å². The van der Waals surface area contributed by atoms with Crippen LogP contribution in [0.15, 0.2) is 12.3 Å². The van der Waals surface area contributed by atoms with Crippen LogP contribution in [0.25, 0.3) is 0 Å². The average Bonchev–Trinajstić information content (AvgIpc) is 2.83. The number of hydrogen-bond donors (Lipinski definition) is 2. The Morgan fingerprint density at radius 1 is 1.42 bits per heavy atom. The fraction of sp³-hybridized carbons (Fsp3) is 0.750. The molecular formula is C12H20F3N3O. The van der Waals surface area contributed by atoms with E-state index in [-0.39, 0.29) is 6.61 Å². The highest BCUT2D eigenvalue weighted by molar-refractivity contribution is 5.03. The molecule has 0 fully saturated rings. The lowest BCUT2D eigenvalue weighted by atomic mass is 9.99. The average molecular weight is 279 g/mol. The van der Waals surface area contributed by atoms with E-state index in [9.17, 15) is 18.3 Å². The lowest BCUT2D eigenvalue weighted by Gasteiger charge is -2.28. The summed E-state index contributed by atoms with van der Waals surface area (Å²) < 4.78 is 38.4. The first-order chi connectivity index (χ1) is 8.80. The molecule has 0 aromatic carbocycles. The van der Waals surface area contributed by atoms with Gasteiger partial charge in [-0.3, -0.25) is 4.68 Å². The fourth-order valence-electron chi connectivity index (χ4n) is 1.65. The Bertz CT molecular complexity index is 392. The van der Waals surface area contributed by atoms with E-state index in [1.807, 2.05) is 13.8 Å². The largest absolute Gasteiger partial charge is 0.435 e.